The number of nitro groups is 1. The van der Waals surface area contributed by atoms with Gasteiger partial charge in [-0.25, -0.2) is 17.1 Å². The fraction of sp³-hybridized carbons (Fsp3) is 0.200. The number of nitrogens with zero attached hydrogens (tertiary/aromatic N) is 2. The van der Waals surface area contributed by atoms with Gasteiger partial charge in [-0.1, -0.05) is 18.2 Å². The summed E-state index contributed by atoms with van der Waals surface area (Å²) in [6.45, 7) is -0.00641. The first kappa shape index (κ1) is 17.8. The molecule has 2 rings (SSSR count). The maximum atomic E-state index is 13.3. The van der Waals surface area contributed by atoms with Crippen LogP contribution >= 0.6 is 0 Å². The molecule has 0 heterocycles. The molecule has 0 aliphatic carbocycles. The van der Waals surface area contributed by atoms with E-state index in [1.807, 2.05) is 0 Å². The fourth-order valence-corrected chi connectivity index (χ4v) is 3.21. The Labute approximate surface area is 138 Å². The van der Waals surface area contributed by atoms with Crippen LogP contribution in [0.15, 0.2) is 47.4 Å². The van der Waals surface area contributed by atoms with Crippen LogP contribution in [0.3, 0.4) is 0 Å². The minimum absolute atomic E-state index is 0.00641. The largest absolute Gasteiger partial charge is 0.375 e. The van der Waals surface area contributed by atoms with E-state index in [-0.39, 0.29) is 22.8 Å². The predicted molar refractivity (Wildman–Crippen MR) is 87.7 cm³/mol. The third kappa shape index (κ3) is 3.69. The van der Waals surface area contributed by atoms with Gasteiger partial charge in [-0.05, 0) is 17.7 Å². The minimum atomic E-state index is -3.66. The fourth-order valence-electron chi connectivity index (χ4n) is 2.10. The normalized spacial score (nSPS) is 11.5. The molecule has 0 aromatic heterocycles. The van der Waals surface area contributed by atoms with Crippen molar-refractivity contribution in [2.75, 3.05) is 19.4 Å². The lowest BCUT2D eigenvalue weighted by Gasteiger charge is -2.16. The maximum Gasteiger partial charge on any atom is 0.292 e. The number of halogens is 1. The lowest BCUT2D eigenvalue weighted by Crippen LogP contribution is -2.23. The molecule has 2 aromatic carbocycles. The standard InChI is InChI=1S/C15H16FN3O4S/c1-18(2)24(22,23)15-6-4-3-5-11(15)10-17-13-9-12(16)7-8-14(13)19(20)21/h3-9,17H,10H2,1-2H3. The van der Waals surface area contributed by atoms with Gasteiger partial charge in [0.25, 0.3) is 5.69 Å². The van der Waals surface area contributed by atoms with E-state index < -0.39 is 20.8 Å². The second-order valence-corrected chi connectivity index (χ2v) is 7.29. The molecule has 0 unspecified atom stereocenters. The van der Waals surface area contributed by atoms with Crippen LogP contribution in [0.4, 0.5) is 15.8 Å². The Hall–Kier alpha value is -2.52. The van der Waals surface area contributed by atoms with Crippen molar-refractivity contribution in [3.05, 3.63) is 64.0 Å². The van der Waals surface area contributed by atoms with Crippen molar-refractivity contribution in [2.45, 2.75) is 11.4 Å². The molecule has 0 aliphatic rings. The van der Waals surface area contributed by atoms with Crippen LogP contribution in [0, 0.1) is 15.9 Å². The molecule has 7 nitrogen and oxygen atoms in total. The van der Waals surface area contributed by atoms with Gasteiger partial charge in [-0.3, -0.25) is 10.1 Å². The van der Waals surface area contributed by atoms with Crippen LogP contribution in [-0.2, 0) is 16.6 Å². The van der Waals surface area contributed by atoms with Crippen LogP contribution < -0.4 is 5.32 Å². The van der Waals surface area contributed by atoms with Crippen LogP contribution in [0.25, 0.3) is 0 Å². The molecule has 0 saturated carbocycles. The second kappa shape index (κ2) is 6.93. The van der Waals surface area contributed by atoms with E-state index >= 15 is 0 Å². The number of nitrogens with one attached hydrogen (secondary N) is 1. The second-order valence-electron chi connectivity index (χ2n) is 5.17. The zero-order valence-electron chi connectivity index (χ0n) is 13.1. The molecule has 24 heavy (non-hydrogen) atoms. The smallest absolute Gasteiger partial charge is 0.292 e. The minimum Gasteiger partial charge on any atom is -0.375 e. The highest BCUT2D eigenvalue weighted by Gasteiger charge is 2.21. The molecule has 1 N–H and O–H groups in total. The van der Waals surface area contributed by atoms with Crippen molar-refractivity contribution in [3.63, 3.8) is 0 Å². The Balaban J connectivity index is 2.35. The van der Waals surface area contributed by atoms with Crippen molar-refractivity contribution < 1.29 is 17.7 Å². The molecule has 2 aromatic rings. The molecule has 0 bridgehead atoms. The lowest BCUT2D eigenvalue weighted by atomic mass is 10.2. The molecule has 0 radical (unpaired) electrons. The van der Waals surface area contributed by atoms with Gasteiger partial charge < -0.3 is 5.32 Å². The summed E-state index contributed by atoms with van der Waals surface area (Å²) in [4.78, 5) is 10.5. The van der Waals surface area contributed by atoms with Gasteiger partial charge in [0.1, 0.15) is 11.5 Å². The van der Waals surface area contributed by atoms with Crippen molar-refractivity contribution in [1.82, 2.24) is 4.31 Å². The summed E-state index contributed by atoms with van der Waals surface area (Å²) >= 11 is 0. The molecular formula is C15H16FN3O4S. The number of anilines is 1. The average Bonchev–Trinajstić information content (AvgIpc) is 2.52. The monoisotopic (exact) mass is 353 g/mol. The summed E-state index contributed by atoms with van der Waals surface area (Å²) in [7, 11) is -0.834. The summed E-state index contributed by atoms with van der Waals surface area (Å²) in [6, 6.07) is 9.34. The Kier molecular flexibility index (Phi) is 5.15. The van der Waals surface area contributed by atoms with Gasteiger partial charge in [-0.15, -0.1) is 0 Å². The van der Waals surface area contributed by atoms with E-state index in [4.69, 9.17) is 0 Å². The number of nitro benzene ring substituents is 1. The number of sulfonamides is 1. The summed E-state index contributed by atoms with van der Waals surface area (Å²) in [5.41, 5.74) is 0.117. The van der Waals surface area contributed by atoms with Crippen LogP contribution in [0.2, 0.25) is 0 Å². The van der Waals surface area contributed by atoms with Gasteiger partial charge in [0.15, 0.2) is 0 Å². The Morgan fingerprint density at radius 2 is 1.88 bits per heavy atom. The van der Waals surface area contributed by atoms with Crippen molar-refractivity contribution in [1.29, 1.82) is 0 Å². The number of benzene rings is 2. The SMILES string of the molecule is CN(C)S(=O)(=O)c1ccccc1CNc1cc(F)ccc1[N+](=O)[O-]. The van der Waals surface area contributed by atoms with E-state index in [0.29, 0.717) is 5.56 Å². The van der Waals surface area contributed by atoms with Crippen molar-refractivity contribution in [3.8, 4) is 0 Å². The van der Waals surface area contributed by atoms with Crippen molar-refractivity contribution >= 4 is 21.4 Å². The van der Waals surface area contributed by atoms with Gasteiger partial charge in [-0.2, -0.15) is 0 Å². The highest BCUT2D eigenvalue weighted by atomic mass is 32.2. The van der Waals surface area contributed by atoms with Gasteiger partial charge in [0, 0.05) is 32.8 Å². The van der Waals surface area contributed by atoms with Crippen molar-refractivity contribution in [2.24, 2.45) is 0 Å². The van der Waals surface area contributed by atoms with Crippen LogP contribution in [-0.4, -0.2) is 31.7 Å². The average molecular weight is 353 g/mol. The molecule has 0 fully saturated rings. The number of hydrogen-bond donors (Lipinski definition) is 1. The van der Waals surface area contributed by atoms with Gasteiger partial charge in [0.2, 0.25) is 10.0 Å². The number of hydrogen-bond acceptors (Lipinski definition) is 5. The Bertz CT molecular complexity index is 869. The highest BCUT2D eigenvalue weighted by molar-refractivity contribution is 7.89. The molecule has 0 aliphatic heterocycles. The van der Waals surface area contributed by atoms with E-state index in [0.717, 1.165) is 22.5 Å². The summed E-state index contributed by atoms with van der Waals surface area (Å²) in [6.07, 6.45) is 0. The first-order valence-corrected chi connectivity index (χ1v) is 8.35. The molecule has 0 amide bonds. The third-order valence-electron chi connectivity index (χ3n) is 3.36. The first-order valence-electron chi connectivity index (χ1n) is 6.91. The predicted octanol–water partition coefficient (Wildman–Crippen LogP) is 2.60. The zero-order valence-corrected chi connectivity index (χ0v) is 13.9. The lowest BCUT2D eigenvalue weighted by molar-refractivity contribution is -0.384. The van der Waals surface area contributed by atoms with Crippen LogP contribution in [0.1, 0.15) is 5.56 Å². The first-order chi connectivity index (χ1) is 11.2. The summed E-state index contributed by atoms with van der Waals surface area (Å²) < 4.78 is 39.1. The highest BCUT2D eigenvalue weighted by Crippen LogP contribution is 2.26. The van der Waals surface area contributed by atoms with E-state index in [1.54, 1.807) is 18.2 Å². The van der Waals surface area contributed by atoms with E-state index in [1.165, 1.54) is 20.2 Å². The molecule has 0 saturated heterocycles. The summed E-state index contributed by atoms with van der Waals surface area (Å²) in [5, 5.41) is 13.7. The maximum absolute atomic E-state index is 13.3. The quantitative estimate of drug-likeness (QED) is 0.636. The number of rotatable bonds is 6. The molecule has 0 atom stereocenters. The zero-order chi connectivity index (χ0) is 17.9. The Morgan fingerprint density at radius 3 is 2.50 bits per heavy atom. The van der Waals surface area contributed by atoms with Crippen LogP contribution in [0.5, 0.6) is 0 Å². The summed E-state index contributed by atoms with van der Waals surface area (Å²) in [5.74, 6) is -0.628. The molecule has 128 valence electrons. The molecule has 0 spiro atoms. The van der Waals surface area contributed by atoms with E-state index in [9.17, 15) is 22.9 Å². The molecular weight excluding hydrogens is 337 g/mol. The topological polar surface area (TPSA) is 92.6 Å². The van der Waals surface area contributed by atoms with Gasteiger partial charge in [0.05, 0.1) is 9.82 Å². The Morgan fingerprint density at radius 1 is 1.21 bits per heavy atom. The third-order valence-corrected chi connectivity index (χ3v) is 5.27. The van der Waals surface area contributed by atoms with E-state index in [2.05, 4.69) is 5.32 Å². The molecule has 9 heteroatoms. The van der Waals surface area contributed by atoms with Gasteiger partial charge >= 0.3 is 0 Å².